The molecule has 0 bridgehead atoms. The molecule has 18 heavy (non-hydrogen) atoms. The minimum Gasteiger partial charge on any atom is -0.361 e. The Kier molecular flexibility index (Phi) is 5.38. The van der Waals surface area contributed by atoms with Gasteiger partial charge in [0.05, 0.1) is 6.04 Å². The van der Waals surface area contributed by atoms with Crippen molar-refractivity contribution in [1.82, 2.24) is 10.3 Å². The third-order valence-electron chi connectivity index (χ3n) is 2.85. The highest BCUT2D eigenvalue weighted by molar-refractivity contribution is 6.31. The second-order valence-electron chi connectivity index (χ2n) is 4.23. The fourth-order valence-corrected chi connectivity index (χ4v) is 1.98. The Morgan fingerprint density at radius 3 is 2.72 bits per heavy atom. The Morgan fingerprint density at radius 2 is 2.28 bits per heavy atom. The fourth-order valence-electron chi connectivity index (χ4n) is 1.87. The Balaban J connectivity index is 3.09. The number of allylic oxidation sites excluding steroid dienone is 1. The van der Waals surface area contributed by atoms with E-state index in [-0.39, 0.29) is 11.8 Å². The highest BCUT2D eigenvalue weighted by atomic mass is 35.5. The van der Waals surface area contributed by atoms with Crippen LogP contribution >= 0.6 is 11.6 Å². The molecule has 0 aliphatic carbocycles. The number of hydrogen-bond acceptors (Lipinski definition) is 2. The lowest BCUT2D eigenvalue weighted by Crippen LogP contribution is -2.34. The monoisotopic (exact) mass is 266 g/mol. The molecule has 1 heterocycles. The van der Waals surface area contributed by atoms with Gasteiger partial charge >= 0.3 is 0 Å². The molecule has 0 fully saturated rings. The molecular weight excluding hydrogens is 248 g/mol. The molecule has 0 aromatic carbocycles. The van der Waals surface area contributed by atoms with Crippen molar-refractivity contribution in [1.29, 1.82) is 0 Å². The summed E-state index contributed by atoms with van der Waals surface area (Å²) < 4.78 is 0. The van der Waals surface area contributed by atoms with E-state index in [4.69, 9.17) is 11.6 Å². The highest BCUT2D eigenvalue weighted by Crippen LogP contribution is 2.21. The molecule has 0 saturated carbocycles. The zero-order valence-corrected chi connectivity index (χ0v) is 11.8. The molecule has 2 N–H and O–H groups in total. The van der Waals surface area contributed by atoms with Gasteiger partial charge in [-0.25, -0.2) is 0 Å². The first kappa shape index (κ1) is 14.7. The number of nitrogens with one attached hydrogen (secondary N) is 2. The first-order valence-electron chi connectivity index (χ1n) is 5.83. The molecule has 0 spiro atoms. The third-order valence-corrected chi connectivity index (χ3v) is 2.96. The predicted molar refractivity (Wildman–Crippen MR) is 77.6 cm³/mol. The molecule has 1 unspecified atom stereocenters. The summed E-state index contributed by atoms with van der Waals surface area (Å²) in [4.78, 5) is 14.6. The maximum atomic E-state index is 11.5. The van der Waals surface area contributed by atoms with Crippen LogP contribution in [0.25, 0.3) is 12.2 Å². The van der Waals surface area contributed by atoms with Crippen LogP contribution in [0, 0.1) is 0 Å². The van der Waals surface area contributed by atoms with Crippen LogP contribution in [0.2, 0.25) is 0 Å². The van der Waals surface area contributed by atoms with E-state index >= 15 is 0 Å². The largest absolute Gasteiger partial charge is 0.361 e. The Morgan fingerprint density at radius 1 is 1.61 bits per heavy atom. The summed E-state index contributed by atoms with van der Waals surface area (Å²) >= 11 is 5.93. The minimum absolute atomic E-state index is 0.122. The maximum Gasteiger partial charge on any atom is 0.147 e. The van der Waals surface area contributed by atoms with Crippen molar-refractivity contribution in [3.8, 4) is 0 Å². The van der Waals surface area contributed by atoms with Gasteiger partial charge in [-0.1, -0.05) is 18.2 Å². The Hall–Kier alpha value is -1.32. The number of carbonyl (C=O) groups excluding carboxylic acids is 1. The van der Waals surface area contributed by atoms with Crippen LogP contribution in [0.4, 0.5) is 0 Å². The first-order chi connectivity index (χ1) is 8.49. The van der Waals surface area contributed by atoms with Crippen molar-refractivity contribution in [2.45, 2.75) is 26.3 Å². The summed E-state index contributed by atoms with van der Waals surface area (Å²) in [5, 5.41) is 3.71. The zero-order valence-electron chi connectivity index (χ0n) is 11.0. The highest BCUT2D eigenvalue weighted by Gasteiger charge is 2.16. The van der Waals surface area contributed by atoms with E-state index in [0.29, 0.717) is 11.5 Å². The van der Waals surface area contributed by atoms with Gasteiger partial charge in [0, 0.05) is 22.5 Å². The van der Waals surface area contributed by atoms with Crippen LogP contribution < -0.4 is 5.32 Å². The van der Waals surface area contributed by atoms with E-state index in [2.05, 4.69) is 16.9 Å². The van der Waals surface area contributed by atoms with Gasteiger partial charge in [0.15, 0.2) is 0 Å². The minimum atomic E-state index is -0.179. The Bertz CT molecular complexity index is 470. The van der Waals surface area contributed by atoms with Gasteiger partial charge in [-0.2, -0.15) is 0 Å². The van der Waals surface area contributed by atoms with Crippen LogP contribution in [0.1, 0.15) is 30.7 Å². The van der Waals surface area contributed by atoms with E-state index in [9.17, 15) is 4.79 Å². The number of rotatable bonds is 6. The number of halogens is 1. The average Bonchev–Trinajstić information content (AvgIpc) is 2.67. The molecule has 4 heteroatoms. The average molecular weight is 267 g/mol. The summed E-state index contributed by atoms with van der Waals surface area (Å²) in [5.74, 6) is 0.122. The van der Waals surface area contributed by atoms with Gasteiger partial charge < -0.3 is 10.3 Å². The zero-order chi connectivity index (χ0) is 13.7. The third kappa shape index (κ3) is 3.59. The van der Waals surface area contributed by atoms with Gasteiger partial charge in [0.1, 0.15) is 5.78 Å². The Labute approximate surface area is 113 Å². The van der Waals surface area contributed by atoms with Gasteiger partial charge in [-0.3, -0.25) is 4.79 Å². The van der Waals surface area contributed by atoms with Gasteiger partial charge in [0.2, 0.25) is 0 Å². The molecule has 0 amide bonds. The lowest BCUT2D eigenvalue weighted by atomic mass is 10.0. The quantitative estimate of drug-likeness (QED) is 0.831. The summed E-state index contributed by atoms with van der Waals surface area (Å²) in [6.45, 7) is 7.17. The molecule has 1 rings (SSSR count). The number of Topliss-reactive ketones (excluding diaryl/α,β-unsaturated/α-hetero) is 1. The number of likely N-dealkylation sites (N-methyl/N-ethyl adjacent to an activating group) is 1. The summed E-state index contributed by atoms with van der Waals surface area (Å²) in [6.07, 6.45) is 6.16. The fraction of sp³-hybridized carbons (Fsp3) is 0.357. The normalized spacial score (nSPS) is 13.4. The van der Waals surface area contributed by atoms with Crippen molar-refractivity contribution in [3.05, 3.63) is 34.6 Å². The van der Waals surface area contributed by atoms with Crippen LogP contribution in [-0.4, -0.2) is 23.9 Å². The number of aromatic nitrogens is 1. The van der Waals surface area contributed by atoms with Crippen LogP contribution in [0.5, 0.6) is 0 Å². The first-order valence-corrected chi connectivity index (χ1v) is 6.21. The standard InChI is InChI=1S/C14H19ClN2O/c1-5-13-12(6-9(2)15)11(8-17-13)7-14(16-4)10(3)18/h5-6,8,14,16-17H,1,7H2,2-4H3/b9-6+. The molecule has 1 aromatic rings. The second-order valence-corrected chi connectivity index (χ2v) is 4.83. The van der Waals surface area contributed by atoms with E-state index < -0.39 is 0 Å². The molecular formula is C14H19ClN2O. The van der Waals surface area contributed by atoms with Crippen LogP contribution in [0.3, 0.4) is 0 Å². The SMILES string of the molecule is C=Cc1[nH]cc(CC(NC)C(C)=O)c1/C=C(\C)Cl. The predicted octanol–water partition coefficient (Wildman–Crippen LogP) is 2.98. The molecule has 1 atom stereocenters. The van der Waals surface area contributed by atoms with Crippen molar-refractivity contribution in [3.63, 3.8) is 0 Å². The van der Waals surface area contributed by atoms with E-state index in [0.717, 1.165) is 16.8 Å². The lowest BCUT2D eigenvalue weighted by molar-refractivity contribution is -0.118. The molecule has 0 saturated heterocycles. The molecule has 0 radical (unpaired) electrons. The number of aromatic amines is 1. The summed E-state index contributed by atoms with van der Waals surface area (Å²) in [5.41, 5.74) is 2.97. The number of H-pyrrole nitrogens is 1. The van der Waals surface area contributed by atoms with Crippen molar-refractivity contribution < 1.29 is 4.79 Å². The van der Waals surface area contributed by atoms with E-state index in [1.54, 1.807) is 20.0 Å². The lowest BCUT2D eigenvalue weighted by Gasteiger charge is -2.12. The summed E-state index contributed by atoms with van der Waals surface area (Å²) in [6, 6.07) is -0.179. The van der Waals surface area contributed by atoms with Gasteiger partial charge in [-0.05, 0) is 45.0 Å². The van der Waals surface area contributed by atoms with Crippen molar-refractivity contribution in [2.75, 3.05) is 7.05 Å². The van der Waals surface area contributed by atoms with Gasteiger partial charge in [0.25, 0.3) is 0 Å². The van der Waals surface area contributed by atoms with Crippen molar-refractivity contribution in [2.24, 2.45) is 0 Å². The van der Waals surface area contributed by atoms with E-state index in [1.165, 1.54) is 0 Å². The molecule has 98 valence electrons. The van der Waals surface area contributed by atoms with Crippen molar-refractivity contribution >= 4 is 29.5 Å². The van der Waals surface area contributed by atoms with Crippen LogP contribution in [0.15, 0.2) is 17.8 Å². The smallest absolute Gasteiger partial charge is 0.147 e. The molecule has 1 aromatic heterocycles. The number of hydrogen-bond donors (Lipinski definition) is 2. The van der Waals surface area contributed by atoms with Gasteiger partial charge in [-0.15, -0.1) is 0 Å². The maximum absolute atomic E-state index is 11.5. The summed E-state index contributed by atoms with van der Waals surface area (Å²) in [7, 11) is 1.79. The number of carbonyl (C=O) groups is 1. The molecule has 0 aliphatic rings. The molecule has 3 nitrogen and oxygen atoms in total. The second kappa shape index (κ2) is 6.57. The topological polar surface area (TPSA) is 44.9 Å². The molecule has 0 aliphatic heterocycles. The van der Waals surface area contributed by atoms with E-state index in [1.807, 2.05) is 19.2 Å². The van der Waals surface area contributed by atoms with Crippen LogP contribution in [-0.2, 0) is 11.2 Å². The number of ketones is 1.